The first-order chi connectivity index (χ1) is 12.5. The molecule has 2 aromatic heterocycles. The molecule has 7 nitrogen and oxygen atoms in total. The minimum absolute atomic E-state index is 0.0706. The fourth-order valence-corrected chi connectivity index (χ4v) is 3.02. The fraction of sp³-hybridized carbons (Fsp3) is 0.368. The van der Waals surface area contributed by atoms with Gasteiger partial charge in [-0.15, -0.1) is 5.10 Å². The second-order valence-corrected chi connectivity index (χ2v) is 6.85. The number of fused-ring (bicyclic) bond motifs is 1. The minimum Gasteiger partial charge on any atom is -0.347 e. The topological polar surface area (TPSA) is 98.7 Å². The Kier molecular flexibility index (Phi) is 5.27. The van der Waals surface area contributed by atoms with Crippen LogP contribution < -0.4 is 11.1 Å². The van der Waals surface area contributed by atoms with E-state index in [1.54, 1.807) is 10.9 Å². The predicted molar refractivity (Wildman–Crippen MR) is 101 cm³/mol. The van der Waals surface area contributed by atoms with E-state index in [9.17, 15) is 4.79 Å². The van der Waals surface area contributed by atoms with Crippen LogP contribution in [0.1, 0.15) is 36.5 Å². The molecule has 0 aliphatic rings. The number of aromatic nitrogens is 4. The molecule has 0 spiro atoms. The van der Waals surface area contributed by atoms with Crippen molar-refractivity contribution in [2.24, 2.45) is 11.7 Å². The Bertz CT molecular complexity index is 917. The summed E-state index contributed by atoms with van der Waals surface area (Å²) in [5.74, 6) is 0.208. The van der Waals surface area contributed by atoms with Crippen LogP contribution in [0.4, 0.5) is 0 Å². The average molecular weight is 352 g/mol. The van der Waals surface area contributed by atoms with Crippen molar-refractivity contribution in [2.45, 2.75) is 33.2 Å². The van der Waals surface area contributed by atoms with Crippen molar-refractivity contribution in [1.82, 2.24) is 25.3 Å². The van der Waals surface area contributed by atoms with Gasteiger partial charge in [-0.2, -0.15) is 0 Å². The molecular weight excluding hydrogens is 328 g/mol. The molecule has 0 radical (unpaired) electrons. The Hall–Kier alpha value is -2.80. The van der Waals surface area contributed by atoms with E-state index in [0.717, 1.165) is 23.0 Å². The third kappa shape index (κ3) is 3.72. The molecule has 1 unspecified atom stereocenters. The van der Waals surface area contributed by atoms with Gasteiger partial charge in [-0.05, 0) is 43.5 Å². The molecule has 26 heavy (non-hydrogen) atoms. The van der Waals surface area contributed by atoms with E-state index in [1.165, 1.54) is 0 Å². The maximum atomic E-state index is 12.6. The molecule has 1 amide bonds. The van der Waals surface area contributed by atoms with Gasteiger partial charge in [0.25, 0.3) is 5.91 Å². The Balaban J connectivity index is 1.85. The lowest BCUT2D eigenvalue weighted by atomic mass is 10.0. The van der Waals surface area contributed by atoms with Crippen molar-refractivity contribution in [1.29, 1.82) is 0 Å². The van der Waals surface area contributed by atoms with E-state index in [4.69, 9.17) is 5.73 Å². The molecule has 0 aliphatic carbocycles. The van der Waals surface area contributed by atoms with Crippen LogP contribution in [-0.2, 0) is 0 Å². The van der Waals surface area contributed by atoms with Crippen LogP contribution in [0.5, 0.6) is 0 Å². The number of nitrogens with two attached hydrogens (primary N) is 1. The maximum absolute atomic E-state index is 12.6. The van der Waals surface area contributed by atoms with E-state index in [1.807, 2.05) is 37.3 Å². The number of hydrogen-bond acceptors (Lipinski definition) is 5. The lowest BCUT2D eigenvalue weighted by Gasteiger charge is -2.18. The van der Waals surface area contributed by atoms with Crippen LogP contribution >= 0.6 is 0 Å². The number of carbonyl (C=O) groups excluding carboxylic acids is 1. The van der Waals surface area contributed by atoms with Gasteiger partial charge in [0.05, 0.1) is 16.9 Å². The van der Waals surface area contributed by atoms with Crippen LogP contribution in [0, 0.1) is 12.8 Å². The zero-order chi connectivity index (χ0) is 18.7. The second kappa shape index (κ2) is 7.61. The maximum Gasteiger partial charge on any atom is 0.274 e. The summed E-state index contributed by atoms with van der Waals surface area (Å²) in [6.45, 7) is 6.44. The van der Waals surface area contributed by atoms with E-state index >= 15 is 0 Å². The largest absolute Gasteiger partial charge is 0.347 e. The highest BCUT2D eigenvalue weighted by atomic mass is 16.2. The second-order valence-electron chi connectivity index (χ2n) is 6.85. The first kappa shape index (κ1) is 18.0. The first-order valence-corrected chi connectivity index (χ1v) is 8.78. The fourth-order valence-electron chi connectivity index (χ4n) is 3.02. The van der Waals surface area contributed by atoms with Gasteiger partial charge in [0.1, 0.15) is 0 Å². The van der Waals surface area contributed by atoms with Crippen LogP contribution in [0.3, 0.4) is 0 Å². The molecule has 3 aromatic rings. The Labute approximate surface area is 152 Å². The third-order valence-electron chi connectivity index (χ3n) is 4.32. The lowest BCUT2D eigenvalue weighted by molar-refractivity contribution is 0.0928. The average Bonchev–Trinajstić information content (AvgIpc) is 3.01. The van der Waals surface area contributed by atoms with E-state index in [0.29, 0.717) is 23.9 Å². The third-order valence-corrected chi connectivity index (χ3v) is 4.32. The summed E-state index contributed by atoms with van der Waals surface area (Å²) < 4.78 is 1.67. The Morgan fingerprint density at radius 2 is 2.12 bits per heavy atom. The van der Waals surface area contributed by atoms with Gasteiger partial charge in [0.2, 0.25) is 0 Å². The summed E-state index contributed by atoms with van der Waals surface area (Å²) >= 11 is 0. The number of hydrogen-bond donors (Lipinski definition) is 2. The SMILES string of the molecule is Cc1c(C(=O)NC(CN)CC(C)C)nnn1-c1ccc2ncccc2c1. The monoisotopic (exact) mass is 352 g/mol. The van der Waals surface area contributed by atoms with Crippen molar-refractivity contribution >= 4 is 16.8 Å². The highest BCUT2D eigenvalue weighted by Gasteiger charge is 2.20. The van der Waals surface area contributed by atoms with Gasteiger partial charge in [-0.3, -0.25) is 9.78 Å². The molecule has 3 N–H and O–H groups in total. The molecule has 3 rings (SSSR count). The number of benzene rings is 1. The normalized spacial score (nSPS) is 12.5. The van der Waals surface area contributed by atoms with Gasteiger partial charge in [0.15, 0.2) is 5.69 Å². The zero-order valence-electron chi connectivity index (χ0n) is 15.3. The number of nitrogens with zero attached hydrogens (tertiary/aromatic N) is 4. The lowest BCUT2D eigenvalue weighted by Crippen LogP contribution is -2.41. The summed E-state index contributed by atoms with van der Waals surface area (Å²) in [5.41, 5.74) is 8.53. The molecular formula is C19H24N6O. The Morgan fingerprint density at radius 3 is 2.85 bits per heavy atom. The van der Waals surface area contributed by atoms with Crippen molar-refractivity contribution in [3.63, 3.8) is 0 Å². The van der Waals surface area contributed by atoms with Crippen LogP contribution in [0.15, 0.2) is 36.5 Å². The molecule has 0 fully saturated rings. The molecule has 0 saturated carbocycles. The molecule has 1 aromatic carbocycles. The van der Waals surface area contributed by atoms with Crippen molar-refractivity contribution in [3.05, 3.63) is 47.9 Å². The van der Waals surface area contributed by atoms with Gasteiger partial charge in [0, 0.05) is 24.2 Å². The minimum atomic E-state index is -0.243. The summed E-state index contributed by atoms with van der Waals surface area (Å²) in [4.78, 5) is 16.9. The Morgan fingerprint density at radius 1 is 1.31 bits per heavy atom. The summed E-state index contributed by atoms with van der Waals surface area (Å²) in [6, 6.07) is 9.63. The summed E-state index contributed by atoms with van der Waals surface area (Å²) in [7, 11) is 0. The van der Waals surface area contributed by atoms with Gasteiger partial charge in [-0.1, -0.05) is 25.1 Å². The van der Waals surface area contributed by atoms with Crippen molar-refractivity contribution in [2.75, 3.05) is 6.54 Å². The van der Waals surface area contributed by atoms with Crippen molar-refractivity contribution < 1.29 is 4.79 Å². The van der Waals surface area contributed by atoms with Crippen LogP contribution in [0.25, 0.3) is 16.6 Å². The van der Waals surface area contributed by atoms with E-state index < -0.39 is 0 Å². The number of carbonyl (C=O) groups is 1. The highest BCUT2D eigenvalue weighted by molar-refractivity contribution is 5.93. The number of nitrogens with one attached hydrogen (secondary N) is 1. The number of rotatable bonds is 6. The molecule has 2 heterocycles. The van der Waals surface area contributed by atoms with Crippen molar-refractivity contribution in [3.8, 4) is 5.69 Å². The molecule has 0 bridgehead atoms. The predicted octanol–water partition coefficient (Wildman–Crippen LogP) is 2.23. The molecule has 0 aliphatic heterocycles. The molecule has 0 saturated heterocycles. The number of amides is 1. The van der Waals surface area contributed by atoms with Gasteiger partial charge in [-0.25, -0.2) is 4.68 Å². The van der Waals surface area contributed by atoms with Gasteiger partial charge < -0.3 is 11.1 Å². The van der Waals surface area contributed by atoms with E-state index in [-0.39, 0.29) is 11.9 Å². The quantitative estimate of drug-likeness (QED) is 0.709. The molecule has 136 valence electrons. The summed E-state index contributed by atoms with van der Waals surface area (Å²) in [6.07, 6.45) is 2.59. The highest BCUT2D eigenvalue weighted by Crippen LogP contribution is 2.18. The number of pyridine rings is 1. The van der Waals surface area contributed by atoms with Gasteiger partial charge >= 0.3 is 0 Å². The molecule has 1 atom stereocenters. The van der Waals surface area contributed by atoms with Crippen LogP contribution in [-0.4, -0.2) is 38.5 Å². The zero-order valence-corrected chi connectivity index (χ0v) is 15.3. The van der Waals surface area contributed by atoms with E-state index in [2.05, 4.69) is 34.5 Å². The first-order valence-electron chi connectivity index (χ1n) is 8.78. The summed E-state index contributed by atoms with van der Waals surface area (Å²) in [5, 5.41) is 12.2. The van der Waals surface area contributed by atoms with Crippen LogP contribution in [0.2, 0.25) is 0 Å². The standard InChI is InChI=1S/C19H24N6O/c1-12(2)9-15(11-20)22-19(26)18-13(3)25(24-23-18)16-6-7-17-14(10-16)5-4-8-21-17/h4-8,10,12,15H,9,11,20H2,1-3H3,(H,22,26). The smallest absolute Gasteiger partial charge is 0.274 e. The molecule has 7 heteroatoms.